The minimum absolute atomic E-state index is 0.732. The van der Waals surface area contributed by atoms with Crippen LogP contribution in [0.4, 0.5) is 5.95 Å². The first-order chi connectivity index (χ1) is 7.34. The summed E-state index contributed by atoms with van der Waals surface area (Å²) in [7, 11) is 0. The standard InChI is InChI=1S/C11H18N4/c1-9-8-15(10-2-3-10)11(13-9)14-6-4-12-5-7-14/h8,10,12H,2-7H2,1H3. The van der Waals surface area contributed by atoms with Gasteiger partial charge in [-0.15, -0.1) is 0 Å². The van der Waals surface area contributed by atoms with Crippen molar-refractivity contribution in [1.82, 2.24) is 14.9 Å². The summed E-state index contributed by atoms with van der Waals surface area (Å²) < 4.78 is 2.38. The first kappa shape index (κ1) is 9.21. The van der Waals surface area contributed by atoms with Gasteiger partial charge in [-0.1, -0.05) is 0 Å². The second-order valence-electron chi connectivity index (χ2n) is 4.56. The van der Waals surface area contributed by atoms with Gasteiger partial charge in [0.2, 0.25) is 5.95 Å². The Morgan fingerprint density at radius 2 is 2.07 bits per heavy atom. The zero-order valence-corrected chi connectivity index (χ0v) is 9.24. The average Bonchev–Trinajstić information content (AvgIpc) is 3.03. The highest BCUT2D eigenvalue weighted by molar-refractivity contribution is 5.35. The number of hydrogen-bond acceptors (Lipinski definition) is 3. The summed E-state index contributed by atoms with van der Waals surface area (Å²) in [6.45, 7) is 6.42. The third-order valence-corrected chi connectivity index (χ3v) is 3.17. The topological polar surface area (TPSA) is 33.1 Å². The molecule has 3 rings (SSSR count). The van der Waals surface area contributed by atoms with E-state index in [9.17, 15) is 0 Å². The van der Waals surface area contributed by atoms with Crippen LogP contribution in [0.1, 0.15) is 24.6 Å². The lowest BCUT2D eigenvalue weighted by Gasteiger charge is -2.28. The van der Waals surface area contributed by atoms with Gasteiger partial charge in [-0.25, -0.2) is 4.98 Å². The van der Waals surface area contributed by atoms with E-state index in [0.29, 0.717) is 0 Å². The summed E-state index contributed by atoms with van der Waals surface area (Å²) in [4.78, 5) is 7.06. The van der Waals surface area contributed by atoms with E-state index in [1.54, 1.807) is 0 Å². The molecule has 1 N–H and O–H groups in total. The second kappa shape index (κ2) is 3.52. The molecule has 82 valence electrons. The van der Waals surface area contributed by atoms with Crippen LogP contribution in [0.15, 0.2) is 6.20 Å². The summed E-state index contributed by atoms with van der Waals surface area (Å²) in [5, 5.41) is 3.38. The average molecular weight is 206 g/mol. The van der Waals surface area contributed by atoms with Gasteiger partial charge >= 0.3 is 0 Å². The fourth-order valence-electron chi connectivity index (χ4n) is 2.22. The van der Waals surface area contributed by atoms with Crippen molar-refractivity contribution in [1.29, 1.82) is 0 Å². The predicted octanol–water partition coefficient (Wildman–Crippen LogP) is 0.936. The van der Waals surface area contributed by atoms with Crippen LogP contribution < -0.4 is 10.2 Å². The van der Waals surface area contributed by atoms with E-state index < -0.39 is 0 Å². The van der Waals surface area contributed by atoms with Crippen LogP contribution in [0.25, 0.3) is 0 Å². The number of aryl methyl sites for hydroxylation is 1. The number of rotatable bonds is 2. The van der Waals surface area contributed by atoms with Crippen LogP contribution in [0.3, 0.4) is 0 Å². The Morgan fingerprint density at radius 3 is 2.73 bits per heavy atom. The van der Waals surface area contributed by atoms with Gasteiger partial charge in [-0.3, -0.25) is 0 Å². The molecule has 1 aliphatic heterocycles. The summed E-state index contributed by atoms with van der Waals surface area (Å²) >= 11 is 0. The van der Waals surface area contributed by atoms with E-state index in [-0.39, 0.29) is 0 Å². The molecule has 0 amide bonds. The molecule has 0 spiro atoms. The molecule has 0 aromatic carbocycles. The molecule has 0 bridgehead atoms. The lowest BCUT2D eigenvalue weighted by molar-refractivity contribution is 0.566. The van der Waals surface area contributed by atoms with Gasteiger partial charge in [0.25, 0.3) is 0 Å². The highest BCUT2D eigenvalue weighted by Gasteiger charge is 2.28. The quantitative estimate of drug-likeness (QED) is 0.781. The number of piperazine rings is 1. The maximum Gasteiger partial charge on any atom is 0.206 e. The fourth-order valence-corrected chi connectivity index (χ4v) is 2.22. The van der Waals surface area contributed by atoms with Gasteiger partial charge in [0.1, 0.15) is 0 Å². The minimum Gasteiger partial charge on any atom is -0.340 e. The van der Waals surface area contributed by atoms with Crippen molar-refractivity contribution in [2.45, 2.75) is 25.8 Å². The Balaban J connectivity index is 1.87. The first-order valence-electron chi connectivity index (χ1n) is 5.86. The molecule has 1 saturated heterocycles. The van der Waals surface area contributed by atoms with Crippen LogP contribution in [0.5, 0.6) is 0 Å². The lowest BCUT2D eigenvalue weighted by Crippen LogP contribution is -2.44. The molecule has 1 aromatic heterocycles. The summed E-state index contributed by atoms with van der Waals surface area (Å²) in [6.07, 6.45) is 4.86. The third-order valence-electron chi connectivity index (χ3n) is 3.17. The molecule has 4 heteroatoms. The summed E-state index contributed by atoms with van der Waals surface area (Å²) in [5.41, 5.74) is 1.15. The Bertz CT molecular complexity index is 347. The van der Waals surface area contributed by atoms with Crippen LogP contribution in [0, 0.1) is 6.92 Å². The van der Waals surface area contributed by atoms with Gasteiger partial charge in [-0.2, -0.15) is 0 Å². The van der Waals surface area contributed by atoms with E-state index in [4.69, 9.17) is 0 Å². The van der Waals surface area contributed by atoms with Crippen molar-refractivity contribution in [3.8, 4) is 0 Å². The highest BCUT2D eigenvalue weighted by atomic mass is 15.3. The highest BCUT2D eigenvalue weighted by Crippen LogP contribution is 2.38. The molecule has 15 heavy (non-hydrogen) atoms. The second-order valence-corrected chi connectivity index (χ2v) is 4.56. The van der Waals surface area contributed by atoms with Crippen LogP contribution in [0.2, 0.25) is 0 Å². The maximum atomic E-state index is 4.66. The van der Waals surface area contributed by atoms with E-state index in [1.165, 1.54) is 18.8 Å². The molecule has 2 fully saturated rings. The zero-order valence-electron chi connectivity index (χ0n) is 9.24. The Morgan fingerprint density at radius 1 is 1.33 bits per heavy atom. The SMILES string of the molecule is Cc1cn(C2CC2)c(N2CCNCC2)n1. The van der Waals surface area contributed by atoms with Gasteiger partial charge in [0.05, 0.1) is 5.69 Å². The van der Waals surface area contributed by atoms with Gasteiger partial charge in [0, 0.05) is 38.4 Å². The molecule has 0 radical (unpaired) electrons. The summed E-state index contributed by atoms with van der Waals surface area (Å²) in [6, 6.07) is 0.732. The molecule has 0 atom stereocenters. The molecular formula is C11H18N4. The van der Waals surface area contributed by atoms with Gasteiger partial charge < -0.3 is 14.8 Å². The summed E-state index contributed by atoms with van der Waals surface area (Å²) in [5.74, 6) is 1.19. The Labute approximate surface area is 90.3 Å². The molecule has 1 saturated carbocycles. The number of hydrogen-bond donors (Lipinski definition) is 1. The first-order valence-corrected chi connectivity index (χ1v) is 5.86. The van der Waals surface area contributed by atoms with Crippen molar-refractivity contribution >= 4 is 5.95 Å². The third kappa shape index (κ3) is 1.74. The molecule has 1 aliphatic carbocycles. The fraction of sp³-hybridized carbons (Fsp3) is 0.727. The van der Waals surface area contributed by atoms with Crippen molar-refractivity contribution in [2.24, 2.45) is 0 Å². The molecular weight excluding hydrogens is 188 g/mol. The molecule has 2 aliphatic rings. The minimum atomic E-state index is 0.732. The number of imidazole rings is 1. The maximum absolute atomic E-state index is 4.66. The number of aromatic nitrogens is 2. The Hall–Kier alpha value is -1.03. The van der Waals surface area contributed by atoms with Crippen molar-refractivity contribution in [3.05, 3.63) is 11.9 Å². The zero-order chi connectivity index (χ0) is 10.3. The molecule has 0 unspecified atom stereocenters. The molecule has 2 heterocycles. The lowest BCUT2D eigenvalue weighted by atomic mass is 10.4. The van der Waals surface area contributed by atoms with Crippen LogP contribution in [-0.2, 0) is 0 Å². The predicted molar refractivity (Wildman–Crippen MR) is 60.3 cm³/mol. The van der Waals surface area contributed by atoms with Crippen LogP contribution >= 0.6 is 0 Å². The van der Waals surface area contributed by atoms with Crippen molar-refractivity contribution in [2.75, 3.05) is 31.1 Å². The van der Waals surface area contributed by atoms with Crippen molar-refractivity contribution < 1.29 is 0 Å². The number of nitrogens with zero attached hydrogens (tertiary/aromatic N) is 3. The van der Waals surface area contributed by atoms with E-state index >= 15 is 0 Å². The van der Waals surface area contributed by atoms with E-state index in [1.807, 2.05) is 0 Å². The van der Waals surface area contributed by atoms with Crippen LogP contribution in [-0.4, -0.2) is 35.7 Å². The van der Waals surface area contributed by atoms with Gasteiger partial charge in [0.15, 0.2) is 0 Å². The number of anilines is 1. The Kier molecular flexibility index (Phi) is 2.16. The van der Waals surface area contributed by atoms with Gasteiger partial charge in [-0.05, 0) is 19.8 Å². The normalized spacial score (nSPS) is 22.1. The number of nitrogens with one attached hydrogen (secondary N) is 1. The smallest absolute Gasteiger partial charge is 0.206 e. The van der Waals surface area contributed by atoms with E-state index in [2.05, 4.69) is 32.9 Å². The molecule has 1 aromatic rings. The molecule has 4 nitrogen and oxygen atoms in total. The monoisotopic (exact) mass is 206 g/mol. The largest absolute Gasteiger partial charge is 0.340 e. The van der Waals surface area contributed by atoms with Crippen molar-refractivity contribution in [3.63, 3.8) is 0 Å². The van der Waals surface area contributed by atoms with E-state index in [0.717, 1.165) is 37.9 Å².